The van der Waals surface area contributed by atoms with E-state index < -0.39 is 0 Å². The van der Waals surface area contributed by atoms with Gasteiger partial charge in [0.1, 0.15) is 0 Å². The topological polar surface area (TPSA) is 64.5 Å². The van der Waals surface area contributed by atoms with Crippen molar-refractivity contribution in [2.24, 2.45) is 0 Å². The van der Waals surface area contributed by atoms with Crippen LogP contribution in [0.3, 0.4) is 0 Å². The average Bonchev–Trinajstić information content (AvgIpc) is 3.02. The molecule has 0 aliphatic carbocycles. The number of rotatable bonds is 5. The molecule has 0 amide bonds. The summed E-state index contributed by atoms with van der Waals surface area (Å²) in [4.78, 5) is 24.1. The van der Waals surface area contributed by atoms with Gasteiger partial charge in [0, 0.05) is 28.7 Å². The standard InChI is InChI=1S/C36H25N5/c1-3-4-8-24-19-32-27(17-23(24)2)11-13-30(39-32)34-21-29(36-37-15-7-16-38-36)22-35(41-34)31-14-12-28-18-25-9-5-6-10-26(25)20-33(28)40-31/h3-22H,1H2,2H3/b8-4-. The van der Waals surface area contributed by atoms with Gasteiger partial charge in [-0.3, -0.25) is 0 Å². The number of aryl methyl sites for hydroxylation is 1. The van der Waals surface area contributed by atoms with Gasteiger partial charge < -0.3 is 0 Å². The summed E-state index contributed by atoms with van der Waals surface area (Å²) < 4.78 is 0. The molecule has 0 fully saturated rings. The van der Waals surface area contributed by atoms with Crippen molar-refractivity contribution in [3.05, 3.63) is 133 Å². The summed E-state index contributed by atoms with van der Waals surface area (Å²) in [5.74, 6) is 0.623. The van der Waals surface area contributed by atoms with Crippen molar-refractivity contribution < 1.29 is 0 Å². The van der Waals surface area contributed by atoms with Crippen molar-refractivity contribution in [3.63, 3.8) is 0 Å². The molecule has 0 atom stereocenters. The molecule has 0 radical (unpaired) electrons. The van der Waals surface area contributed by atoms with Crippen molar-refractivity contribution in [1.82, 2.24) is 24.9 Å². The summed E-state index contributed by atoms with van der Waals surface area (Å²) in [6, 6.07) is 30.9. The third kappa shape index (κ3) is 4.74. The SMILES string of the molecule is C=C/C=C\c1cc2nc(-c3cc(-c4ncccn4)cc(-c4ccc5cc6ccccc6cc5n4)n3)ccc2cc1C. The molecule has 194 valence electrons. The van der Waals surface area contributed by atoms with Crippen molar-refractivity contribution in [2.75, 3.05) is 0 Å². The first-order chi connectivity index (χ1) is 20.1. The van der Waals surface area contributed by atoms with Crippen LogP contribution in [0.25, 0.3) is 72.8 Å². The molecule has 4 heterocycles. The fourth-order valence-corrected chi connectivity index (χ4v) is 5.12. The molecule has 0 spiro atoms. The average molecular weight is 528 g/mol. The summed E-state index contributed by atoms with van der Waals surface area (Å²) >= 11 is 0. The van der Waals surface area contributed by atoms with Gasteiger partial charge in [-0.25, -0.2) is 24.9 Å². The van der Waals surface area contributed by atoms with Crippen molar-refractivity contribution in [1.29, 1.82) is 0 Å². The quantitative estimate of drug-likeness (QED) is 0.166. The third-order valence-corrected chi connectivity index (χ3v) is 7.22. The van der Waals surface area contributed by atoms with Crippen LogP contribution in [0.1, 0.15) is 11.1 Å². The van der Waals surface area contributed by atoms with Gasteiger partial charge in [0.25, 0.3) is 0 Å². The number of benzene rings is 3. The molecular formula is C36H25N5. The van der Waals surface area contributed by atoms with E-state index in [1.165, 1.54) is 10.9 Å². The summed E-state index contributed by atoms with van der Waals surface area (Å²) in [7, 11) is 0. The van der Waals surface area contributed by atoms with Gasteiger partial charge >= 0.3 is 0 Å². The number of nitrogens with zero attached hydrogens (tertiary/aromatic N) is 5. The molecular weight excluding hydrogens is 502 g/mol. The number of pyridine rings is 3. The second-order valence-corrected chi connectivity index (χ2v) is 9.98. The highest BCUT2D eigenvalue weighted by molar-refractivity contribution is 5.97. The van der Waals surface area contributed by atoms with Gasteiger partial charge in [-0.2, -0.15) is 0 Å². The van der Waals surface area contributed by atoms with Crippen LogP contribution in [-0.4, -0.2) is 24.9 Å². The fourth-order valence-electron chi connectivity index (χ4n) is 5.12. The molecule has 0 aliphatic rings. The predicted octanol–water partition coefficient (Wildman–Crippen LogP) is 8.63. The maximum Gasteiger partial charge on any atom is 0.159 e. The highest BCUT2D eigenvalue weighted by atomic mass is 14.9. The summed E-state index contributed by atoms with van der Waals surface area (Å²) in [5, 5.41) is 4.51. The Balaban J connectivity index is 1.40. The largest absolute Gasteiger partial charge is 0.246 e. The Labute approximate surface area is 237 Å². The molecule has 5 heteroatoms. The lowest BCUT2D eigenvalue weighted by Crippen LogP contribution is -1.97. The van der Waals surface area contributed by atoms with E-state index in [0.29, 0.717) is 5.82 Å². The molecule has 5 nitrogen and oxygen atoms in total. The van der Waals surface area contributed by atoms with E-state index >= 15 is 0 Å². The maximum absolute atomic E-state index is 5.06. The Morgan fingerprint density at radius 1 is 0.585 bits per heavy atom. The van der Waals surface area contributed by atoms with E-state index in [-0.39, 0.29) is 0 Å². The van der Waals surface area contributed by atoms with Gasteiger partial charge in [0.2, 0.25) is 0 Å². The third-order valence-electron chi connectivity index (χ3n) is 7.22. The molecule has 0 unspecified atom stereocenters. The van der Waals surface area contributed by atoms with Gasteiger partial charge in [0.15, 0.2) is 5.82 Å². The number of hydrogen-bond donors (Lipinski definition) is 0. The zero-order valence-corrected chi connectivity index (χ0v) is 22.5. The van der Waals surface area contributed by atoms with Crippen molar-refractivity contribution >= 4 is 38.7 Å². The van der Waals surface area contributed by atoms with Crippen LogP contribution in [0.2, 0.25) is 0 Å². The van der Waals surface area contributed by atoms with E-state index in [9.17, 15) is 0 Å². The highest BCUT2D eigenvalue weighted by Gasteiger charge is 2.14. The van der Waals surface area contributed by atoms with Crippen LogP contribution in [-0.2, 0) is 0 Å². The first-order valence-corrected chi connectivity index (χ1v) is 13.4. The first kappa shape index (κ1) is 24.5. The highest BCUT2D eigenvalue weighted by Crippen LogP contribution is 2.31. The Morgan fingerprint density at radius 2 is 1.22 bits per heavy atom. The Kier molecular flexibility index (Phi) is 6.10. The normalized spacial score (nSPS) is 11.5. The Morgan fingerprint density at radius 3 is 1.90 bits per heavy atom. The van der Waals surface area contributed by atoms with Crippen LogP contribution in [0, 0.1) is 6.92 Å². The molecule has 7 rings (SSSR count). The van der Waals surface area contributed by atoms with E-state index in [1.54, 1.807) is 18.5 Å². The lowest BCUT2D eigenvalue weighted by Gasteiger charge is -2.11. The second kappa shape index (κ2) is 10.2. The molecule has 4 aromatic heterocycles. The maximum atomic E-state index is 5.06. The van der Waals surface area contributed by atoms with Crippen LogP contribution < -0.4 is 0 Å². The van der Waals surface area contributed by atoms with E-state index in [2.05, 4.69) is 84.1 Å². The molecule has 3 aromatic carbocycles. The molecule has 0 bridgehead atoms. The minimum Gasteiger partial charge on any atom is -0.246 e. The predicted molar refractivity (Wildman–Crippen MR) is 168 cm³/mol. The zero-order valence-electron chi connectivity index (χ0n) is 22.5. The lowest BCUT2D eigenvalue weighted by molar-refractivity contribution is 1.16. The molecule has 0 saturated carbocycles. The Bertz CT molecular complexity index is 2130. The minimum atomic E-state index is 0.623. The monoisotopic (exact) mass is 527 g/mol. The van der Waals surface area contributed by atoms with Crippen LogP contribution in [0.15, 0.2) is 122 Å². The van der Waals surface area contributed by atoms with Crippen molar-refractivity contribution in [2.45, 2.75) is 6.92 Å². The molecule has 41 heavy (non-hydrogen) atoms. The van der Waals surface area contributed by atoms with Crippen molar-refractivity contribution in [3.8, 4) is 34.2 Å². The zero-order chi connectivity index (χ0) is 27.8. The van der Waals surface area contributed by atoms with Crippen LogP contribution >= 0.6 is 0 Å². The van der Waals surface area contributed by atoms with E-state index in [0.717, 1.165) is 61.1 Å². The first-order valence-electron chi connectivity index (χ1n) is 13.4. The number of hydrogen-bond acceptors (Lipinski definition) is 5. The van der Waals surface area contributed by atoms with E-state index in [1.807, 2.05) is 42.5 Å². The van der Waals surface area contributed by atoms with Gasteiger partial charge in [0.05, 0.1) is 33.8 Å². The molecule has 0 N–H and O–H groups in total. The number of fused-ring (bicyclic) bond motifs is 3. The Hall–Kier alpha value is -5.55. The number of allylic oxidation sites excluding steroid dienone is 2. The van der Waals surface area contributed by atoms with E-state index in [4.69, 9.17) is 15.0 Å². The minimum absolute atomic E-state index is 0.623. The van der Waals surface area contributed by atoms with Gasteiger partial charge in [-0.15, -0.1) is 0 Å². The lowest BCUT2D eigenvalue weighted by atomic mass is 10.0. The fraction of sp³-hybridized carbons (Fsp3) is 0.0278. The summed E-state index contributed by atoms with van der Waals surface area (Å²) in [6.07, 6.45) is 9.26. The molecule has 0 aliphatic heterocycles. The van der Waals surface area contributed by atoms with Crippen LogP contribution in [0.4, 0.5) is 0 Å². The smallest absolute Gasteiger partial charge is 0.159 e. The molecule has 7 aromatic rings. The molecule has 0 saturated heterocycles. The van der Waals surface area contributed by atoms with Crippen LogP contribution in [0.5, 0.6) is 0 Å². The number of aromatic nitrogens is 5. The second-order valence-electron chi connectivity index (χ2n) is 9.98. The summed E-state index contributed by atoms with van der Waals surface area (Å²) in [5.41, 5.74) is 7.98. The van der Waals surface area contributed by atoms with Gasteiger partial charge in [-0.1, -0.05) is 61.2 Å². The van der Waals surface area contributed by atoms with Gasteiger partial charge in [-0.05, 0) is 83.4 Å². The summed E-state index contributed by atoms with van der Waals surface area (Å²) in [6.45, 7) is 5.90.